The maximum Gasteiger partial charge on any atom is 0.326 e. The lowest BCUT2D eigenvalue weighted by molar-refractivity contribution is -0.144. The van der Waals surface area contributed by atoms with Crippen molar-refractivity contribution in [3.05, 3.63) is 0 Å². The quantitative estimate of drug-likeness (QED) is 0.622. The van der Waals surface area contributed by atoms with Crippen molar-refractivity contribution >= 4 is 11.9 Å². The van der Waals surface area contributed by atoms with E-state index in [4.69, 9.17) is 10.8 Å². The van der Waals surface area contributed by atoms with Gasteiger partial charge in [-0.2, -0.15) is 0 Å². The van der Waals surface area contributed by atoms with Crippen LogP contribution < -0.4 is 11.1 Å². The summed E-state index contributed by atoms with van der Waals surface area (Å²) in [5, 5.41) is 11.6. The summed E-state index contributed by atoms with van der Waals surface area (Å²) in [6, 6.07) is -0.844. The fourth-order valence-corrected chi connectivity index (χ4v) is 1.11. The number of carboxylic acids is 1. The number of amides is 1. The van der Waals surface area contributed by atoms with Crippen molar-refractivity contribution in [2.45, 2.75) is 40.2 Å². The maximum absolute atomic E-state index is 11.8. The molecule has 0 aromatic carbocycles. The Kier molecular flexibility index (Phi) is 5.44. The number of aliphatic carboxylic acids is 1. The molecule has 1 unspecified atom stereocenters. The van der Waals surface area contributed by atoms with Gasteiger partial charge in [-0.3, -0.25) is 4.79 Å². The highest BCUT2D eigenvalue weighted by Crippen LogP contribution is 2.15. The van der Waals surface area contributed by atoms with Gasteiger partial charge in [-0.25, -0.2) is 4.79 Å². The van der Waals surface area contributed by atoms with Crippen LogP contribution in [0.25, 0.3) is 0 Å². The third kappa shape index (κ3) is 3.81. The Morgan fingerprint density at radius 1 is 1.44 bits per heavy atom. The first kappa shape index (κ1) is 14.9. The highest BCUT2D eigenvalue weighted by molar-refractivity contribution is 5.87. The van der Waals surface area contributed by atoms with Crippen LogP contribution in [0.5, 0.6) is 0 Å². The molecular formula is C11H22N2O3. The molecule has 0 aliphatic carbocycles. The topological polar surface area (TPSA) is 92.4 Å². The van der Waals surface area contributed by atoms with Gasteiger partial charge in [0.1, 0.15) is 6.04 Å². The molecule has 0 bridgehead atoms. The molecule has 4 N–H and O–H groups in total. The summed E-state index contributed by atoms with van der Waals surface area (Å²) in [4.78, 5) is 22.8. The number of carboxylic acid groups (broad SMARTS) is 1. The summed E-state index contributed by atoms with van der Waals surface area (Å²) in [6.45, 7) is 7.26. The predicted molar refractivity (Wildman–Crippen MR) is 61.9 cm³/mol. The Morgan fingerprint density at radius 3 is 2.25 bits per heavy atom. The zero-order chi connectivity index (χ0) is 12.9. The average Bonchev–Trinajstić information content (AvgIpc) is 2.23. The molecule has 0 rings (SSSR count). The molecule has 0 aliphatic rings. The molecule has 0 aromatic rings. The SMILES string of the molecule is CCC(C)[C@H](NC(=O)C(C)(C)CN)C(=O)O. The average molecular weight is 230 g/mol. The standard InChI is InChI=1S/C11H22N2O3/c1-5-7(2)8(9(14)15)13-10(16)11(3,4)6-12/h7-8H,5-6,12H2,1-4H3,(H,13,16)(H,14,15)/t7?,8-/m0/s1. The molecule has 0 saturated heterocycles. The first-order chi connectivity index (χ1) is 7.26. The normalized spacial score (nSPS) is 15.3. The Hall–Kier alpha value is -1.10. The molecule has 16 heavy (non-hydrogen) atoms. The molecule has 0 saturated carbocycles. The Balaban J connectivity index is 4.65. The van der Waals surface area contributed by atoms with Crippen molar-refractivity contribution in [1.29, 1.82) is 0 Å². The summed E-state index contributed by atoms with van der Waals surface area (Å²) in [5.74, 6) is -1.42. The van der Waals surface area contributed by atoms with Crippen LogP contribution in [0.15, 0.2) is 0 Å². The van der Waals surface area contributed by atoms with Crippen molar-refractivity contribution in [2.24, 2.45) is 17.1 Å². The lowest BCUT2D eigenvalue weighted by atomic mass is 9.91. The number of nitrogens with two attached hydrogens (primary N) is 1. The Bertz CT molecular complexity index is 264. The largest absolute Gasteiger partial charge is 0.480 e. The molecule has 94 valence electrons. The lowest BCUT2D eigenvalue weighted by Gasteiger charge is -2.26. The molecule has 5 nitrogen and oxygen atoms in total. The van der Waals surface area contributed by atoms with Crippen molar-refractivity contribution < 1.29 is 14.7 Å². The van der Waals surface area contributed by atoms with Crippen LogP contribution in [0.3, 0.4) is 0 Å². The van der Waals surface area contributed by atoms with Gasteiger partial charge in [-0.1, -0.05) is 20.3 Å². The van der Waals surface area contributed by atoms with Crippen LogP contribution in [0, 0.1) is 11.3 Å². The number of nitrogens with one attached hydrogen (secondary N) is 1. The zero-order valence-electron chi connectivity index (χ0n) is 10.4. The summed E-state index contributed by atoms with van der Waals surface area (Å²) in [7, 11) is 0. The van der Waals surface area contributed by atoms with Crippen LogP contribution in [-0.2, 0) is 9.59 Å². The van der Waals surface area contributed by atoms with E-state index in [2.05, 4.69) is 5.32 Å². The summed E-state index contributed by atoms with van der Waals surface area (Å²) < 4.78 is 0. The third-order valence-corrected chi connectivity index (χ3v) is 2.89. The van der Waals surface area contributed by atoms with Crippen LogP contribution in [0.2, 0.25) is 0 Å². The van der Waals surface area contributed by atoms with Gasteiger partial charge >= 0.3 is 5.97 Å². The number of carbonyl (C=O) groups is 2. The highest BCUT2D eigenvalue weighted by atomic mass is 16.4. The van der Waals surface area contributed by atoms with Crippen molar-refractivity contribution in [3.8, 4) is 0 Å². The van der Waals surface area contributed by atoms with Gasteiger partial charge < -0.3 is 16.2 Å². The van der Waals surface area contributed by atoms with Crippen LogP contribution in [0.4, 0.5) is 0 Å². The van der Waals surface area contributed by atoms with E-state index in [1.54, 1.807) is 20.8 Å². The van der Waals surface area contributed by atoms with Gasteiger partial charge in [0, 0.05) is 6.54 Å². The molecule has 0 radical (unpaired) electrons. The van der Waals surface area contributed by atoms with E-state index >= 15 is 0 Å². The van der Waals surface area contributed by atoms with Crippen LogP contribution in [-0.4, -0.2) is 29.6 Å². The van der Waals surface area contributed by atoms with Crippen molar-refractivity contribution in [1.82, 2.24) is 5.32 Å². The molecule has 0 fully saturated rings. The summed E-state index contributed by atoms with van der Waals surface area (Å²) in [6.07, 6.45) is 0.695. The van der Waals surface area contributed by atoms with Crippen LogP contribution in [0.1, 0.15) is 34.1 Å². The molecule has 1 amide bonds. The first-order valence-corrected chi connectivity index (χ1v) is 5.50. The van der Waals surface area contributed by atoms with E-state index < -0.39 is 17.4 Å². The van der Waals surface area contributed by atoms with E-state index in [9.17, 15) is 9.59 Å². The number of hydrogen-bond acceptors (Lipinski definition) is 3. The van der Waals surface area contributed by atoms with Gasteiger partial charge in [0.2, 0.25) is 5.91 Å². The highest BCUT2D eigenvalue weighted by Gasteiger charge is 2.32. The monoisotopic (exact) mass is 230 g/mol. The van der Waals surface area contributed by atoms with E-state index in [1.807, 2.05) is 6.92 Å². The van der Waals surface area contributed by atoms with Gasteiger partial charge in [-0.15, -0.1) is 0 Å². The predicted octanol–water partition coefficient (Wildman–Crippen LogP) is 0.587. The molecule has 0 aliphatic heterocycles. The van der Waals surface area contributed by atoms with Crippen molar-refractivity contribution in [2.75, 3.05) is 6.54 Å². The molecule has 2 atom stereocenters. The summed E-state index contributed by atoms with van der Waals surface area (Å²) >= 11 is 0. The minimum Gasteiger partial charge on any atom is -0.480 e. The van der Waals surface area contributed by atoms with Gasteiger partial charge in [0.05, 0.1) is 5.41 Å². The van der Waals surface area contributed by atoms with E-state index in [-0.39, 0.29) is 18.4 Å². The number of hydrogen-bond donors (Lipinski definition) is 3. The smallest absolute Gasteiger partial charge is 0.326 e. The van der Waals surface area contributed by atoms with Crippen molar-refractivity contribution in [3.63, 3.8) is 0 Å². The van der Waals surface area contributed by atoms with E-state index in [1.165, 1.54) is 0 Å². The van der Waals surface area contributed by atoms with Gasteiger partial charge in [0.15, 0.2) is 0 Å². The van der Waals surface area contributed by atoms with Gasteiger partial charge in [0.25, 0.3) is 0 Å². The molecule has 0 aromatic heterocycles. The molecule has 5 heteroatoms. The number of rotatable bonds is 6. The molecule has 0 spiro atoms. The maximum atomic E-state index is 11.8. The first-order valence-electron chi connectivity index (χ1n) is 5.50. The second-order valence-electron chi connectivity index (χ2n) is 4.76. The fourth-order valence-electron chi connectivity index (χ4n) is 1.11. The second kappa shape index (κ2) is 5.84. The zero-order valence-corrected chi connectivity index (χ0v) is 10.4. The Labute approximate surface area is 96.4 Å². The minimum absolute atomic E-state index is 0.102. The molecule has 0 heterocycles. The second-order valence-corrected chi connectivity index (χ2v) is 4.76. The van der Waals surface area contributed by atoms with E-state index in [0.717, 1.165) is 0 Å². The third-order valence-electron chi connectivity index (χ3n) is 2.89. The summed E-state index contributed by atoms with van der Waals surface area (Å²) in [5.41, 5.74) is 4.72. The Morgan fingerprint density at radius 2 is 1.94 bits per heavy atom. The lowest BCUT2D eigenvalue weighted by Crippen LogP contribution is -2.51. The minimum atomic E-state index is -1.00. The molecular weight excluding hydrogens is 208 g/mol. The van der Waals surface area contributed by atoms with Gasteiger partial charge in [-0.05, 0) is 19.8 Å². The van der Waals surface area contributed by atoms with E-state index in [0.29, 0.717) is 6.42 Å². The fraction of sp³-hybridized carbons (Fsp3) is 0.818. The number of carbonyl (C=O) groups excluding carboxylic acids is 1. The van der Waals surface area contributed by atoms with Crippen LogP contribution >= 0.6 is 0 Å².